The van der Waals surface area contributed by atoms with Crippen LogP contribution in [0.2, 0.25) is 0 Å². The summed E-state index contributed by atoms with van der Waals surface area (Å²) < 4.78 is 17.0. The molecule has 1 saturated heterocycles. The van der Waals surface area contributed by atoms with Gasteiger partial charge in [-0.2, -0.15) is 0 Å². The Hall–Kier alpha value is -1.40. The molecule has 3 heterocycles. The van der Waals surface area contributed by atoms with Crippen molar-refractivity contribution in [2.24, 2.45) is 0 Å². The first kappa shape index (κ1) is 11.7. The highest BCUT2D eigenvalue weighted by atomic mass is 16.7. The van der Waals surface area contributed by atoms with Crippen molar-refractivity contribution in [3.63, 3.8) is 0 Å². The van der Waals surface area contributed by atoms with Gasteiger partial charge in [-0.25, -0.2) is 0 Å². The topological polar surface area (TPSA) is 57.4 Å². The molecule has 0 atom stereocenters. The van der Waals surface area contributed by atoms with Gasteiger partial charge in [-0.05, 0) is 27.7 Å². The van der Waals surface area contributed by atoms with E-state index in [1.54, 1.807) is 12.4 Å². The van der Waals surface area contributed by atoms with E-state index in [1.807, 2.05) is 33.8 Å². The predicted molar refractivity (Wildman–Crippen MR) is 67.5 cm³/mol. The number of pyridine rings is 1. The van der Waals surface area contributed by atoms with Gasteiger partial charge < -0.3 is 13.8 Å². The zero-order valence-electron chi connectivity index (χ0n) is 10.9. The first-order valence-electron chi connectivity index (χ1n) is 5.95. The zero-order chi connectivity index (χ0) is 13.0. The first-order valence-corrected chi connectivity index (χ1v) is 5.95. The fourth-order valence-electron chi connectivity index (χ4n) is 1.87. The van der Waals surface area contributed by atoms with Crippen molar-refractivity contribution < 1.29 is 13.8 Å². The SMILES string of the molecule is CC1(C)OB(c2cc3oncc3cn2)OC1(C)C. The molecule has 0 radical (unpaired) electrons. The van der Waals surface area contributed by atoms with Crippen LogP contribution < -0.4 is 5.59 Å². The third-order valence-corrected chi connectivity index (χ3v) is 3.75. The summed E-state index contributed by atoms with van der Waals surface area (Å²) in [5.74, 6) is 0. The molecule has 6 heteroatoms. The smallest absolute Gasteiger partial charge is 0.398 e. The minimum absolute atomic E-state index is 0.365. The van der Waals surface area contributed by atoms with Crippen molar-refractivity contribution in [2.75, 3.05) is 0 Å². The largest absolute Gasteiger partial charge is 0.514 e. The minimum atomic E-state index is -0.468. The van der Waals surface area contributed by atoms with Gasteiger partial charge in [-0.3, -0.25) is 4.98 Å². The molecule has 0 aromatic carbocycles. The second-order valence-electron chi connectivity index (χ2n) is 5.56. The van der Waals surface area contributed by atoms with Gasteiger partial charge in [0, 0.05) is 12.3 Å². The Morgan fingerprint density at radius 3 is 2.39 bits per heavy atom. The molecule has 2 aromatic heterocycles. The lowest BCUT2D eigenvalue weighted by atomic mass is 9.84. The summed E-state index contributed by atoms with van der Waals surface area (Å²) in [6.07, 6.45) is 3.35. The second-order valence-corrected chi connectivity index (χ2v) is 5.56. The summed E-state index contributed by atoms with van der Waals surface area (Å²) in [6.45, 7) is 8.06. The molecule has 2 aromatic rings. The van der Waals surface area contributed by atoms with Crippen LogP contribution in [0.3, 0.4) is 0 Å². The summed E-state index contributed by atoms with van der Waals surface area (Å²) in [7, 11) is -0.468. The van der Waals surface area contributed by atoms with Crippen LogP contribution in [0.15, 0.2) is 23.0 Å². The molecule has 0 N–H and O–H groups in total. The van der Waals surface area contributed by atoms with E-state index in [-0.39, 0.29) is 11.2 Å². The molecular weight excluding hydrogens is 231 g/mol. The Morgan fingerprint density at radius 1 is 1.06 bits per heavy atom. The molecule has 3 rings (SSSR count). The first-order chi connectivity index (χ1) is 8.39. The lowest BCUT2D eigenvalue weighted by molar-refractivity contribution is 0.00578. The number of hydrogen-bond donors (Lipinski definition) is 0. The number of aromatic nitrogens is 2. The Morgan fingerprint density at radius 2 is 1.72 bits per heavy atom. The lowest BCUT2D eigenvalue weighted by Crippen LogP contribution is -2.41. The van der Waals surface area contributed by atoms with Gasteiger partial charge >= 0.3 is 7.12 Å². The number of fused-ring (bicyclic) bond motifs is 1. The number of hydrogen-bond acceptors (Lipinski definition) is 5. The van der Waals surface area contributed by atoms with Crippen LogP contribution in [-0.2, 0) is 9.31 Å². The second kappa shape index (κ2) is 3.55. The van der Waals surface area contributed by atoms with E-state index < -0.39 is 7.12 Å². The van der Waals surface area contributed by atoms with Gasteiger partial charge in [-0.1, -0.05) is 5.16 Å². The fourth-order valence-corrected chi connectivity index (χ4v) is 1.87. The van der Waals surface area contributed by atoms with E-state index in [4.69, 9.17) is 13.8 Å². The van der Waals surface area contributed by atoms with Crippen LogP contribution in [-0.4, -0.2) is 28.5 Å². The summed E-state index contributed by atoms with van der Waals surface area (Å²) >= 11 is 0. The average molecular weight is 246 g/mol. The molecule has 5 nitrogen and oxygen atoms in total. The summed E-state index contributed by atoms with van der Waals surface area (Å²) in [6, 6.07) is 1.81. The number of nitrogens with zero attached hydrogens (tertiary/aromatic N) is 2. The Labute approximate surface area is 106 Å². The van der Waals surface area contributed by atoms with Gasteiger partial charge in [0.1, 0.15) is 0 Å². The van der Waals surface area contributed by atoms with Crippen LogP contribution >= 0.6 is 0 Å². The zero-order valence-corrected chi connectivity index (χ0v) is 10.9. The molecule has 0 spiro atoms. The molecule has 18 heavy (non-hydrogen) atoms. The normalized spacial score (nSPS) is 21.7. The van der Waals surface area contributed by atoms with Crippen molar-refractivity contribution in [3.05, 3.63) is 18.5 Å². The van der Waals surface area contributed by atoms with Crippen molar-refractivity contribution >= 4 is 23.7 Å². The number of rotatable bonds is 1. The predicted octanol–water partition coefficient (Wildman–Crippen LogP) is 1.52. The molecule has 1 aliphatic heterocycles. The summed E-state index contributed by atoms with van der Waals surface area (Å²) in [5, 5.41) is 4.60. The van der Waals surface area contributed by atoms with Gasteiger partial charge in [0.25, 0.3) is 0 Å². The molecule has 0 saturated carbocycles. The summed E-state index contributed by atoms with van der Waals surface area (Å²) in [5.41, 5.74) is 0.665. The van der Waals surface area contributed by atoms with E-state index in [2.05, 4.69) is 10.1 Å². The molecule has 0 bridgehead atoms. The Bertz CT molecular complexity index is 578. The molecule has 94 valence electrons. The molecule has 0 aliphatic carbocycles. The minimum Gasteiger partial charge on any atom is -0.398 e. The van der Waals surface area contributed by atoms with E-state index >= 15 is 0 Å². The van der Waals surface area contributed by atoms with E-state index in [0.29, 0.717) is 11.2 Å². The maximum absolute atomic E-state index is 5.93. The van der Waals surface area contributed by atoms with Crippen molar-refractivity contribution in [1.82, 2.24) is 10.1 Å². The monoisotopic (exact) mass is 246 g/mol. The van der Waals surface area contributed by atoms with Crippen LogP contribution in [0, 0.1) is 0 Å². The maximum Gasteiger partial charge on any atom is 0.514 e. The van der Waals surface area contributed by atoms with Crippen LogP contribution in [0.4, 0.5) is 0 Å². The lowest BCUT2D eigenvalue weighted by Gasteiger charge is -2.32. The van der Waals surface area contributed by atoms with Crippen molar-refractivity contribution in [2.45, 2.75) is 38.9 Å². The van der Waals surface area contributed by atoms with Crippen LogP contribution in [0.1, 0.15) is 27.7 Å². The average Bonchev–Trinajstić information content (AvgIpc) is 2.80. The van der Waals surface area contributed by atoms with Gasteiger partial charge in [0.05, 0.1) is 28.4 Å². The molecule has 1 aliphatic rings. The molecule has 0 amide bonds. The van der Waals surface area contributed by atoms with E-state index in [1.165, 1.54) is 0 Å². The third kappa shape index (κ3) is 1.64. The fraction of sp³-hybridized carbons (Fsp3) is 0.500. The highest BCUT2D eigenvalue weighted by molar-refractivity contribution is 6.61. The summed E-state index contributed by atoms with van der Waals surface area (Å²) in [4.78, 5) is 4.34. The van der Waals surface area contributed by atoms with Gasteiger partial charge in [-0.15, -0.1) is 0 Å². The molecular formula is C12H15BN2O3. The highest BCUT2D eigenvalue weighted by Gasteiger charge is 2.52. The van der Waals surface area contributed by atoms with Crippen LogP contribution in [0.25, 0.3) is 11.0 Å². The van der Waals surface area contributed by atoms with Crippen molar-refractivity contribution in [1.29, 1.82) is 0 Å². The third-order valence-electron chi connectivity index (χ3n) is 3.75. The molecule has 1 fully saturated rings. The van der Waals surface area contributed by atoms with Gasteiger partial charge in [0.2, 0.25) is 0 Å². The maximum atomic E-state index is 5.93. The van der Waals surface area contributed by atoms with Crippen LogP contribution in [0.5, 0.6) is 0 Å². The van der Waals surface area contributed by atoms with E-state index in [9.17, 15) is 0 Å². The molecule has 0 unspecified atom stereocenters. The highest BCUT2D eigenvalue weighted by Crippen LogP contribution is 2.36. The van der Waals surface area contributed by atoms with Crippen molar-refractivity contribution in [3.8, 4) is 0 Å². The quantitative estimate of drug-likeness (QED) is 0.714. The Balaban J connectivity index is 1.96. The Kier molecular flexibility index (Phi) is 2.31. The standard InChI is InChI=1S/C12H15BN2O3/c1-11(2)12(3,4)18-13(17-11)10-5-9-8(6-14-10)7-15-16-9/h5-7H,1-4H3. The van der Waals surface area contributed by atoms with E-state index in [0.717, 1.165) is 5.39 Å². The van der Waals surface area contributed by atoms with Gasteiger partial charge in [0.15, 0.2) is 5.58 Å².